The van der Waals surface area contributed by atoms with Crippen LogP contribution in [0.15, 0.2) is 71.6 Å². The smallest absolute Gasteiger partial charge is 0.264 e. The van der Waals surface area contributed by atoms with Gasteiger partial charge in [0.2, 0.25) is 0 Å². The van der Waals surface area contributed by atoms with Crippen molar-refractivity contribution in [2.24, 2.45) is 0 Å². The summed E-state index contributed by atoms with van der Waals surface area (Å²) >= 11 is 0. The number of amides is 1. The largest absolute Gasteiger partial charge is 0.493 e. The molecule has 0 aromatic heterocycles. The van der Waals surface area contributed by atoms with Crippen LogP contribution < -0.4 is 19.1 Å². The first-order chi connectivity index (χ1) is 15.9. The van der Waals surface area contributed by atoms with E-state index in [4.69, 9.17) is 9.47 Å². The van der Waals surface area contributed by atoms with Crippen molar-refractivity contribution in [3.05, 3.63) is 83.4 Å². The second-order valence-electron chi connectivity index (χ2n) is 7.58. The third kappa shape index (κ3) is 4.66. The molecule has 4 rings (SSSR count). The van der Waals surface area contributed by atoms with Crippen LogP contribution in [0.2, 0.25) is 0 Å². The predicted molar refractivity (Wildman–Crippen MR) is 126 cm³/mol. The molecule has 0 bridgehead atoms. The molecule has 33 heavy (non-hydrogen) atoms. The molecule has 1 amide bonds. The van der Waals surface area contributed by atoms with Crippen LogP contribution in [0.3, 0.4) is 0 Å². The third-order valence-corrected chi connectivity index (χ3v) is 7.32. The fourth-order valence-electron chi connectivity index (χ4n) is 3.86. The number of methoxy groups -OCH3 is 1. The minimum atomic E-state index is -3.77. The number of ether oxygens (including phenoxy) is 2. The Hall–Kier alpha value is -3.52. The minimum Gasteiger partial charge on any atom is -0.493 e. The molecule has 1 aliphatic heterocycles. The van der Waals surface area contributed by atoms with Gasteiger partial charge in [-0.05, 0) is 60.9 Å². The van der Waals surface area contributed by atoms with E-state index in [0.717, 1.165) is 11.1 Å². The summed E-state index contributed by atoms with van der Waals surface area (Å²) in [4.78, 5) is 12.9. The molecule has 1 heterocycles. The maximum atomic E-state index is 13.3. The molecular formula is C25H26N2O5S. The number of rotatable bonds is 8. The zero-order valence-electron chi connectivity index (χ0n) is 18.6. The number of carbonyl (C=O) groups is 1. The fraction of sp³-hybridized carbons (Fsp3) is 0.240. The average molecular weight is 467 g/mol. The molecule has 0 radical (unpaired) electrons. The highest BCUT2D eigenvalue weighted by molar-refractivity contribution is 7.92. The van der Waals surface area contributed by atoms with E-state index >= 15 is 0 Å². The monoisotopic (exact) mass is 466 g/mol. The van der Waals surface area contributed by atoms with Gasteiger partial charge in [0.05, 0.1) is 24.3 Å². The maximum Gasteiger partial charge on any atom is 0.264 e. The zero-order chi connectivity index (χ0) is 23.4. The first kappa shape index (κ1) is 22.7. The number of nitrogens with one attached hydrogen (secondary N) is 1. The Balaban J connectivity index is 1.49. The van der Waals surface area contributed by atoms with Gasteiger partial charge in [-0.2, -0.15) is 0 Å². The lowest BCUT2D eigenvalue weighted by Gasteiger charge is -2.20. The minimum absolute atomic E-state index is 0.0922. The summed E-state index contributed by atoms with van der Waals surface area (Å²) in [5.74, 6) is 0.862. The highest BCUT2D eigenvalue weighted by Crippen LogP contribution is 2.33. The van der Waals surface area contributed by atoms with Gasteiger partial charge in [0.25, 0.3) is 15.9 Å². The standard InChI is InChI=1S/C25H26N2O5S/c1-3-32-23-12-11-18(15-24(23)31-2)17-26-25(28)20-8-6-9-21(16-20)33(29,30)27-14-13-19-7-4-5-10-22(19)27/h4-12,15-16H,3,13-14,17H2,1-2H3,(H,26,28). The molecule has 8 heteroatoms. The van der Waals surface area contributed by atoms with Gasteiger partial charge >= 0.3 is 0 Å². The Morgan fingerprint density at radius 2 is 1.85 bits per heavy atom. The van der Waals surface area contributed by atoms with Crippen LogP contribution >= 0.6 is 0 Å². The Bertz CT molecular complexity index is 1270. The number of carbonyl (C=O) groups excluding carboxylic acids is 1. The number of hydrogen-bond acceptors (Lipinski definition) is 5. The van der Waals surface area contributed by atoms with E-state index in [2.05, 4.69) is 5.32 Å². The van der Waals surface area contributed by atoms with Crippen LogP contribution in [0.5, 0.6) is 11.5 Å². The van der Waals surface area contributed by atoms with E-state index in [1.165, 1.54) is 16.4 Å². The van der Waals surface area contributed by atoms with Gasteiger partial charge in [-0.3, -0.25) is 9.10 Å². The first-order valence-electron chi connectivity index (χ1n) is 10.7. The molecule has 172 valence electrons. The van der Waals surface area contributed by atoms with Gasteiger partial charge < -0.3 is 14.8 Å². The van der Waals surface area contributed by atoms with Crippen molar-refractivity contribution >= 4 is 21.6 Å². The van der Waals surface area contributed by atoms with Crippen molar-refractivity contribution in [1.29, 1.82) is 0 Å². The van der Waals surface area contributed by atoms with Gasteiger partial charge in [-0.15, -0.1) is 0 Å². The molecule has 0 aliphatic carbocycles. The molecule has 0 fully saturated rings. The second-order valence-corrected chi connectivity index (χ2v) is 9.45. The molecule has 0 saturated heterocycles. The molecule has 1 N–H and O–H groups in total. The summed E-state index contributed by atoms with van der Waals surface area (Å²) < 4.78 is 38.8. The fourth-order valence-corrected chi connectivity index (χ4v) is 5.41. The Morgan fingerprint density at radius 1 is 1.03 bits per heavy atom. The van der Waals surface area contributed by atoms with Crippen molar-refractivity contribution in [2.45, 2.75) is 24.8 Å². The summed E-state index contributed by atoms with van der Waals surface area (Å²) in [5, 5.41) is 2.84. The molecule has 7 nitrogen and oxygen atoms in total. The van der Waals surface area contributed by atoms with Gasteiger partial charge in [0, 0.05) is 18.7 Å². The summed E-state index contributed by atoms with van der Waals surface area (Å²) in [6.07, 6.45) is 0.668. The van der Waals surface area contributed by atoms with E-state index in [1.807, 2.05) is 37.3 Å². The number of fused-ring (bicyclic) bond motifs is 1. The van der Waals surface area contributed by atoms with Crippen LogP contribution in [0.4, 0.5) is 5.69 Å². The molecular weight excluding hydrogens is 440 g/mol. The van der Waals surface area contributed by atoms with Crippen molar-refractivity contribution in [2.75, 3.05) is 24.6 Å². The van der Waals surface area contributed by atoms with Gasteiger partial charge in [0.1, 0.15) is 0 Å². The molecule has 3 aromatic carbocycles. The Kier molecular flexibility index (Phi) is 6.55. The number of benzene rings is 3. The molecule has 1 aliphatic rings. The molecule has 0 atom stereocenters. The van der Waals surface area contributed by atoms with Crippen molar-refractivity contribution in [1.82, 2.24) is 5.32 Å². The first-order valence-corrected chi connectivity index (χ1v) is 12.2. The summed E-state index contributed by atoms with van der Waals surface area (Å²) in [5.41, 5.74) is 2.81. The SMILES string of the molecule is CCOc1ccc(CNC(=O)c2cccc(S(=O)(=O)N3CCc4ccccc43)c2)cc1OC. The number of anilines is 1. The molecule has 0 saturated carbocycles. The number of nitrogens with zero attached hydrogens (tertiary/aromatic N) is 1. The van der Waals surface area contributed by atoms with Crippen molar-refractivity contribution in [3.8, 4) is 11.5 Å². The van der Waals surface area contributed by atoms with E-state index in [0.29, 0.717) is 36.8 Å². The summed E-state index contributed by atoms with van der Waals surface area (Å²) in [6.45, 7) is 3.06. The van der Waals surface area contributed by atoms with E-state index < -0.39 is 10.0 Å². The summed E-state index contributed by atoms with van der Waals surface area (Å²) in [6, 6.07) is 19.0. The van der Waals surface area contributed by atoms with Crippen molar-refractivity contribution in [3.63, 3.8) is 0 Å². The topological polar surface area (TPSA) is 84.9 Å². The van der Waals surface area contributed by atoms with Gasteiger partial charge in [0.15, 0.2) is 11.5 Å². The lowest BCUT2D eigenvalue weighted by atomic mass is 10.1. The van der Waals surface area contributed by atoms with E-state index in [-0.39, 0.29) is 22.9 Å². The second kappa shape index (κ2) is 9.54. The Morgan fingerprint density at radius 3 is 2.64 bits per heavy atom. The normalized spacial score (nSPS) is 12.8. The summed E-state index contributed by atoms with van der Waals surface area (Å²) in [7, 11) is -2.21. The van der Waals surface area contributed by atoms with E-state index in [9.17, 15) is 13.2 Å². The quantitative estimate of drug-likeness (QED) is 0.546. The molecule has 3 aromatic rings. The van der Waals surface area contributed by atoms with Crippen molar-refractivity contribution < 1.29 is 22.7 Å². The number of sulfonamides is 1. The number of hydrogen-bond donors (Lipinski definition) is 1. The predicted octanol–water partition coefficient (Wildman–Crippen LogP) is 3.78. The zero-order valence-corrected chi connectivity index (χ0v) is 19.4. The lowest BCUT2D eigenvalue weighted by Crippen LogP contribution is -2.29. The van der Waals surface area contributed by atoms with Crippen LogP contribution in [-0.4, -0.2) is 34.6 Å². The highest BCUT2D eigenvalue weighted by Gasteiger charge is 2.30. The van der Waals surface area contributed by atoms with Crippen LogP contribution in [-0.2, 0) is 23.0 Å². The molecule has 0 unspecified atom stereocenters. The van der Waals surface area contributed by atoms with Crippen LogP contribution in [0.25, 0.3) is 0 Å². The average Bonchev–Trinajstić information content (AvgIpc) is 3.28. The van der Waals surface area contributed by atoms with Crippen LogP contribution in [0.1, 0.15) is 28.4 Å². The lowest BCUT2D eigenvalue weighted by molar-refractivity contribution is 0.0950. The van der Waals surface area contributed by atoms with E-state index in [1.54, 1.807) is 31.4 Å². The number of para-hydroxylation sites is 1. The third-order valence-electron chi connectivity index (χ3n) is 5.51. The molecule has 0 spiro atoms. The highest BCUT2D eigenvalue weighted by atomic mass is 32.2. The Labute approximate surface area is 194 Å². The van der Waals surface area contributed by atoms with Gasteiger partial charge in [-0.25, -0.2) is 8.42 Å². The van der Waals surface area contributed by atoms with Crippen LogP contribution in [0, 0.1) is 0 Å². The van der Waals surface area contributed by atoms with Gasteiger partial charge in [-0.1, -0.05) is 30.3 Å². The maximum absolute atomic E-state index is 13.3.